The molecule has 220 valence electrons. The van der Waals surface area contributed by atoms with E-state index in [1.165, 1.54) is 109 Å². The van der Waals surface area contributed by atoms with Crippen molar-refractivity contribution in [3.8, 4) is 55.6 Å². The lowest BCUT2D eigenvalue weighted by molar-refractivity contribution is 0.795. The average Bonchev–Trinajstić information content (AvgIpc) is 3.86. The highest BCUT2D eigenvalue weighted by Gasteiger charge is 2.53. The molecule has 8 aromatic carbocycles. The summed E-state index contributed by atoms with van der Waals surface area (Å²) in [5, 5.41) is 5.43. The number of hydrogen-bond donors (Lipinski definition) is 0. The smallest absolute Gasteiger partial charge is 0.0726 e. The lowest BCUT2D eigenvalue weighted by Gasteiger charge is -2.31. The molecule has 0 saturated carbocycles. The average molecular weight is 623 g/mol. The summed E-state index contributed by atoms with van der Waals surface area (Å²) in [5.41, 5.74) is 18.6. The number of thiophene rings is 1. The fourth-order valence-corrected chi connectivity index (χ4v) is 11.0. The molecule has 0 radical (unpaired) electrons. The zero-order valence-corrected chi connectivity index (χ0v) is 26.7. The third kappa shape index (κ3) is 2.82. The normalized spacial score (nSPS) is 16.0. The van der Waals surface area contributed by atoms with Crippen LogP contribution in [0.5, 0.6) is 0 Å². The molecule has 0 amide bonds. The van der Waals surface area contributed by atoms with Crippen molar-refractivity contribution < 1.29 is 0 Å². The Kier molecular flexibility index (Phi) is 4.63. The van der Waals surface area contributed by atoms with Crippen LogP contribution in [0.4, 0.5) is 0 Å². The maximum absolute atomic E-state index is 2.57. The second-order valence-corrected chi connectivity index (χ2v) is 14.5. The number of benzene rings is 8. The molecule has 3 aliphatic carbocycles. The van der Waals surface area contributed by atoms with Gasteiger partial charge in [0, 0.05) is 25.7 Å². The third-order valence-electron chi connectivity index (χ3n) is 11.4. The first-order valence-corrected chi connectivity index (χ1v) is 17.6. The second-order valence-electron chi connectivity index (χ2n) is 13.5. The Morgan fingerprint density at radius 3 is 1.69 bits per heavy atom. The fraction of sp³-hybridized carbons (Fsp3) is 0.0213. The van der Waals surface area contributed by atoms with Crippen molar-refractivity contribution in [2.24, 2.45) is 0 Å². The summed E-state index contributed by atoms with van der Waals surface area (Å²) in [6.07, 6.45) is 0. The summed E-state index contributed by atoms with van der Waals surface area (Å²) in [5.74, 6) is 0. The van der Waals surface area contributed by atoms with Gasteiger partial charge >= 0.3 is 0 Å². The van der Waals surface area contributed by atoms with Crippen LogP contribution in [0, 0.1) is 0 Å². The van der Waals surface area contributed by atoms with Crippen LogP contribution in [0.25, 0.3) is 86.6 Å². The summed E-state index contributed by atoms with van der Waals surface area (Å²) in [6, 6.07) is 59.7. The van der Waals surface area contributed by atoms with Gasteiger partial charge in [-0.1, -0.05) is 146 Å². The Morgan fingerprint density at radius 1 is 0.333 bits per heavy atom. The Labute approximate surface area is 282 Å². The van der Waals surface area contributed by atoms with E-state index in [-0.39, 0.29) is 0 Å². The van der Waals surface area contributed by atoms with Crippen molar-refractivity contribution in [2.75, 3.05) is 0 Å². The van der Waals surface area contributed by atoms with Gasteiger partial charge in [0.1, 0.15) is 0 Å². The van der Waals surface area contributed by atoms with E-state index in [9.17, 15) is 0 Å². The topological polar surface area (TPSA) is 0 Å². The van der Waals surface area contributed by atoms with Gasteiger partial charge in [-0.15, -0.1) is 11.3 Å². The summed E-state index contributed by atoms with van der Waals surface area (Å²) in [4.78, 5) is 0. The van der Waals surface area contributed by atoms with Gasteiger partial charge in [0.15, 0.2) is 0 Å². The summed E-state index contributed by atoms with van der Waals surface area (Å²) in [6.45, 7) is 0. The zero-order chi connectivity index (χ0) is 31.1. The second kappa shape index (κ2) is 8.77. The predicted octanol–water partition coefficient (Wildman–Crippen LogP) is 12.9. The number of fused-ring (bicyclic) bond motifs is 17. The van der Waals surface area contributed by atoms with Gasteiger partial charge in [0.25, 0.3) is 0 Å². The van der Waals surface area contributed by atoms with Crippen LogP contribution in [-0.4, -0.2) is 0 Å². The molecule has 1 heteroatoms. The van der Waals surface area contributed by atoms with Gasteiger partial charge in [-0.2, -0.15) is 0 Å². The SMILES string of the molecule is c1ccc2c(c1)-c1cccc3c4c(cc-2c13)C1(c2ccccc2-c2c(-c3cccc5c3sc3ccccc35)cccc21)c1ccccc1-4. The highest BCUT2D eigenvalue weighted by molar-refractivity contribution is 7.26. The molecular formula is C47H26S. The molecule has 1 aromatic heterocycles. The lowest BCUT2D eigenvalue weighted by Crippen LogP contribution is -2.26. The molecule has 1 spiro atoms. The zero-order valence-electron chi connectivity index (χ0n) is 25.9. The minimum absolute atomic E-state index is 0.417. The molecule has 1 unspecified atom stereocenters. The number of hydrogen-bond acceptors (Lipinski definition) is 1. The molecule has 1 atom stereocenters. The van der Waals surface area contributed by atoms with Gasteiger partial charge in [0.05, 0.1) is 5.41 Å². The van der Waals surface area contributed by atoms with E-state index in [0.717, 1.165) is 0 Å². The molecule has 12 rings (SSSR count). The molecule has 9 aromatic rings. The van der Waals surface area contributed by atoms with Crippen molar-refractivity contribution in [3.05, 3.63) is 180 Å². The van der Waals surface area contributed by atoms with Crippen LogP contribution in [-0.2, 0) is 5.41 Å². The van der Waals surface area contributed by atoms with Gasteiger partial charge < -0.3 is 0 Å². The Bertz CT molecular complexity index is 2900. The molecule has 1 heterocycles. The first-order valence-electron chi connectivity index (χ1n) is 16.8. The highest BCUT2D eigenvalue weighted by atomic mass is 32.1. The van der Waals surface area contributed by atoms with E-state index in [2.05, 4.69) is 158 Å². The first-order chi connectivity index (χ1) is 23.8. The molecule has 0 N–H and O–H groups in total. The van der Waals surface area contributed by atoms with Crippen molar-refractivity contribution >= 4 is 42.3 Å². The first kappa shape index (κ1) is 25.3. The molecule has 0 aliphatic heterocycles. The predicted molar refractivity (Wildman–Crippen MR) is 203 cm³/mol. The molecule has 0 fully saturated rings. The minimum Gasteiger partial charge on any atom is -0.135 e. The van der Waals surface area contributed by atoms with E-state index in [4.69, 9.17) is 0 Å². The van der Waals surface area contributed by atoms with Crippen LogP contribution in [0.3, 0.4) is 0 Å². The van der Waals surface area contributed by atoms with Gasteiger partial charge in [-0.25, -0.2) is 0 Å². The quantitative estimate of drug-likeness (QED) is 0.171. The lowest BCUT2D eigenvalue weighted by atomic mass is 9.70. The minimum atomic E-state index is -0.417. The van der Waals surface area contributed by atoms with Crippen LogP contribution in [0.1, 0.15) is 22.3 Å². The van der Waals surface area contributed by atoms with Crippen LogP contribution in [0.15, 0.2) is 158 Å². The molecule has 0 saturated heterocycles. The summed E-state index contributed by atoms with van der Waals surface area (Å²) < 4.78 is 2.70. The maximum atomic E-state index is 2.57. The maximum Gasteiger partial charge on any atom is 0.0726 e. The Hall–Kier alpha value is -5.76. The Balaban J connectivity index is 1.25. The van der Waals surface area contributed by atoms with Crippen molar-refractivity contribution in [3.63, 3.8) is 0 Å². The standard InChI is InChI=1S/C47H26S/c1-2-13-28-27(12-1)30-17-9-21-36-43(30)37(28)26-41-45(36)35-16-4-7-23-39(35)47(41)38-22-6-3-15-34(38)44-31(18-11-24-40(44)47)33-20-10-19-32-29-14-5-8-25-42(29)48-46(32)33/h1-26H. The highest BCUT2D eigenvalue weighted by Crippen LogP contribution is 2.66. The van der Waals surface area contributed by atoms with Crippen LogP contribution >= 0.6 is 11.3 Å². The van der Waals surface area contributed by atoms with Crippen LogP contribution < -0.4 is 0 Å². The fourth-order valence-electron chi connectivity index (χ4n) is 9.73. The van der Waals surface area contributed by atoms with E-state index in [1.807, 2.05) is 11.3 Å². The third-order valence-corrected chi connectivity index (χ3v) is 12.7. The van der Waals surface area contributed by atoms with Crippen molar-refractivity contribution in [2.45, 2.75) is 5.41 Å². The molecule has 0 bridgehead atoms. The summed E-state index contributed by atoms with van der Waals surface area (Å²) >= 11 is 1.92. The molecule has 0 nitrogen and oxygen atoms in total. The largest absolute Gasteiger partial charge is 0.135 e. The monoisotopic (exact) mass is 622 g/mol. The van der Waals surface area contributed by atoms with E-state index >= 15 is 0 Å². The summed E-state index contributed by atoms with van der Waals surface area (Å²) in [7, 11) is 0. The molecule has 3 aliphatic rings. The van der Waals surface area contributed by atoms with E-state index in [0.29, 0.717) is 0 Å². The van der Waals surface area contributed by atoms with Crippen molar-refractivity contribution in [1.82, 2.24) is 0 Å². The molecule has 48 heavy (non-hydrogen) atoms. The number of rotatable bonds is 1. The van der Waals surface area contributed by atoms with Crippen molar-refractivity contribution in [1.29, 1.82) is 0 Å². The van der Waals surface area contributed by atoms with Gasteiger partial charge in [0.2, 0.25) is 0 Å². The van der Waals surface area contributed by atoms with Gasteiger partial charge in [-0.05, 0) is 95.2 Å². The van der Waals surface area contributed by atoms with Gasteiger partial charge in [-0.3, -0.25) is 0 Å². The molecular weight excluding hydrogens is 597 g/mol. The van der Waals surface area contributed by atoms with E-state index in [1.54, 1.807) is 0 Å². The van der Waals surface area contributed by atoms with E-state index < -0.39 is 5.41 Å². The van der Waals surface area contributed by atoms with Crippen LogP contribution in [0.2, 0.25) is 0 Å². The Morgan fingerprint density at radius 2 is 0.875 bits per heavy atom.